The maximum Gasteiger partial charge on any atom is 0.249 e. The average molecular weight is 332 g/mol. The molecule has 2 aromatic rings. The van der Waals surface area contributed by atoms with Gasteiger partial charge in [-0.25, -0.2) is 0 Å². The standard InChI is InChI=1S/C16H20N4O4/c1-9(17-11(3)21)15(22)18-10(2)16-19-14(20-24-16)12-7-5-6-8-13(12)23-4/h5-10H,1-4H3,(H,17,21)(H,18,22). The molecule has 0 spiro atoms. The first-order valence-corrected chi connectivity index (χ1v) is 7.46. The summed E-state index contributed by atoms with van der Waals surface area (Å²) in [6.07, 6.45) is 0. The van der Waals surface area contributed by atoms with Gasteiger partial charge < -0.3 is 19.9 Å². The van der Waals surface area contributed by atoms with Crippen LogP contribution in [0.5, 0.6) is 5.75 Å². The topological polar surface area (TPSA) is 106 Å². The number of hydrogen-bond donors (Lipinski definition) is 2. The number of nitrogens with one attached hydrogen (secondary N) is 2. The third-order valence-corrected chi connectivity index (χ3v) is 3.33. The van der Waals surface area contributed by atoms with E-state index in [0.29, 0.717) is 17.1 Å². The quantitative estimate of drug-likeness (QED) is 0.829. The van der Waals surface area contributed by atoms with E-state index < -0.39 is 12.1 Å². The van der Waals surface area contributed by atoms with E-state index in [0.717, 1.165) is 0 Å². The molecule has 2 atom stereocenters. The highest BCUT2D eigenvalue weighted by molar-refractivity contribution is 5.86. The summed E-state index contributed by atoms with van der Waals surface area (Å²) >= 11 is 0. The number of rotatable bonds is 6. The summed E-state index contributed by atoms with van der Waals surface area (Å²) in [6, 6.07) is 6.15. The van der Waals surface area contributed by atoms with Crippen LogP contribution in [-0.4, -0.2) is 35.1 Å². The number of para-hydroxylation sites is 1. The fraction of sp³-hybridized carbons (Fsp3) is 0.375. The van der Waals surface area contributed by atoms with Crippen LogP contribution in [0.2, 0.25) is 0 Å². The van der Waals surface area contributed by atoms with Gasteiger partial charge in [-0.3, -0.25) is 9.59 Å². The number of benzene rings is 1. The Balaban J connectivity index is 2.10. The molecule has 0 radical (unpaired) electrons. The zero-order valence-corrected chi connectivity index (χ0v) is 14.0. The van der Waals surface area contributed by atoms with Gasteiger partial charge in [-0.15, -0.1) is 0 Å². The summed E-state index contributed by atoms with van der Waals surface area (Å²) < 4.78 is 10.5. The summed E-state index contributed by atoms with van der Waals surface area (Å²) in [6.45, 7) is 4.67. The lowest BCUT2D eigenvalue weighted by atomic mass is 10.2. The van der Waals surface area contributed by atoms with Gasteiger partial charge in [0.05, 0.1) is 12.7 Å². The summed E-state index contributed by atoms with van der Waals surface area (Å²) in [4.78, 5) is 27.3. The molecule has 0 fully saturated rings. The Morgan fingerprint density at radius 1 is 1.21 bits per heavy atom. The van der Waals surface area contributed by atoms with Crippen molar-refractivity contribution in [2.24, 2.45) is 0 Å². The fourth-order valence-electron chi connectivity index (χ4n) is 2.12. The van der Waals surface area contributed by atoms with E-state index in [1.807, 2.05) is 18.2 Å². The van der Waals surface area contributed by atoms with Crippen LogP contribution < -0.4 is 15.4 Å². The molecule has 2 rings (SSSR count). The molecule has 8 nitrogen and oxygen atoms in total. The van der Waals surface area contributed by atoms with Crippen molar-refractivity contribution in [1.82, 2.24) is 20.8 Å². The fourth-order valence-corrected chi connectivity index (χ4v) is 2.12. The Hall–Kier alpha value is -2.90. The molecule has 8 heteroatoms. The number of carbonyl (C=O) groups is 2. The Morgan fingerprint density at radius 2 is 1.92 bits per heavy atom. The Labute approximate surface area is 139 Å². The predicted molar refractivity (Wildman–Crippen MR) is 86.1 cm³/mol. The molecule has 128 valence electrons. The Morgan fingerprint density at radius 3 is 2.58 bits per heavy atom. The van der Waals surface area contributed by atoms with Gasteiger partial charge in [-0.2, -0.15) is 4.98 Å². The molecule has 2 N–H and O–H groups in total. The second kappa shape index (κ2) is 7.58. The SMILES string of the molecule is COc1ccccc1-c1noc(C(C)NC(=O)C(C)NC(C)=O)n1. The number of methoxy groups -OCH3 is 1. The molecular weight excluding hydrogens is 312 g/mol. The van der Waals surface area contributed by atoms with Gasteiger partial charge in [-0.1, -0.05) is 17.3 Å². The minimum atomic E-state index is -0.651. The van der Waals surface area contributed by atoms with Crippen molar-refractivity contribution in [2.45, 2.75) is 32.9 Å². The predicted octanol–water partition coefficient (Wildman–Crippen LogP) is 1.45. The summed E-state index contributed by atoms with van der Waals surface area (Å²) in [5.74, 6) is 0.648. The minimum absolute atomic E-state index is 0.263. The van der Waals surface area contributed by atoms with Crippen molar-refractivity contribution in [2.75, 3.05) is 7.11 Å². The largest absolute Gasteiger partial charge is 0.496 e. The first-order chi connectivity index (χ1) is 11.4. The number of amides is 2. The van der Waals surface area contributed by atoms with Gasteiger partial charge in [0.15, 0.2) is 0 Å². The zero-order chi connectivity index (χ0) is 17.7. The van der Waals surface area contributed by atoms with Crippen LogP contribution in [-0.2, 0) is 9.59 Å². The molecule has 1 aromatic carbocycles. The maximum absolute atomic E-state index is 12.0. The zero-order valence-electron chi connectivity index (χ0n) is 14.0. The van der Waals surface area contributed by atoms with Crippen molar-refractivity contribution < 1.29 is 18.8 Å². The Kier molecular flexibility index (Phi) is 5.51. The lowest BCUT2D eigenvalue weighted by Crippen LogP contribution is -2.44. The molecule has 0 aliphatic rings. The van der Waals surface area contributed by atoms with Gasteiger partial charge in [0.2, 0.25) is 23.5 Å². The third-order valence-electron chi connectivity index (χ3n) is 3.33. The molecule has 0 saturated heterocycles. The normalized spacial score (nSPS) is 13.0. The molecule has 2 unspecified atom stereocenters. The first-order valence-electron chi connectivity index (χ1n) is 7.46. The minimum Gasteiger partial charge on any atom is -0.496 e. The molecular formula is C16H20N4O4. The number of nitrogens with zero attached hydrogens (tertiary/aromatic N) is 2. The van der Waals surface area contributed by atoms with Gasteiger partial charge in [0.25, 0.3) is 0 Å². The van der Waals surface area contributed by atoms with Crippen LogP contribution in [0.1, 0.15) is 32.7 Å². The van der Waals surface area contributed by atoms with Crippen molar-refractivity contribution in [1.29, 1.82) is 0 Å². The van der Waals surface area contributed by atoms with E-state index in [9.17, 15) is 9.59 Å². The molecule has 2 amide bonds. The van der Waals surface area contributed by atoms with Crippen molar-refractivity contribution in [3.63, 3.8) is 0 Å². The van der Waals surface area contributed by atoms with Crippen LogP contribution in [0.25, 0.3) is 11.4 Å². The summed E-state index contributed by atoms with van der Waals surface area (Å²) in [7, 11) is 1.56. The molecule has 0 aliphatic heterocycles. The number of hydrogen-bond acceptors (Lipinski definition) is 6. The smallest absolute Gasteiger partial charge is 0.249 e. The lowest BCUT2D eigenvalue weighted by Gasteiger charge is -2.15. The van der Waals surface area contributed by atoms with Crippen molar-refractivity contribution in [3.05, 3.63) is 30.2 Å². The third kappa shape index (κ3) is 4.09. The highest BCUT2D eigenvalue weighted by Gasteiger charge is 2.21. The summed E-state index contributed by atoms with van der Waals surface area (Å²) in [5.41, 5.74) is 0.695. The van der Waals surface area contributed by atoms with Crippen LogP contribution in [0.15, 0.2) is 28.8 Å². The number of aromatic nitrogens is 2. The van der Waals surface area contributed by atoms with E-state index in [4.69, 9.17) is 9.26 Å². The van der Waals surface area contributed by atoms with Gasteiger partial charge in [-0.05, 0) is 26.0 Å². The highest BCUT2D eigenvalue weighted by Crippen LogP contribution is 2.27. The molecule has 0 saturated carbocycles. The van der Waals surface area contributed by atoms with Crippen LogP contribution >= 0.6 is 0 Å². The van der Waals surface area contributed by atoms with E-state index in [2.05, 4.69) is 20.8 Å². The first kappa shape index (κ1) is 17.5. The Bertz CT molecular complexity index is 728. The van der Waals surface area contributed by atoms with Crippen molar-refractivity contribution >= 4 is 11.8 Å². The maximum atomic E-state index is 12.0. The van der Waals surface area contributed by atoms with Crippen LogP contribution in [0, 0.1) is 0 Å². The monoisotopic (exact) mass is 332 g/mol. The number of ether oxygens (including phenoxy) is 1. The second-order valence-electron chi connectivity index (χ2n) is 5.31. The van der Waals surface area contributed by atoms with Gasteiger partial charge in [0.1, 0.15) is 17.8 Å². The van der Waals surface area contributed by atoms with E-state index >= 15 is 0 Å². The molecule has 1 aromatic heterocycles. The van der Waals surface area contributed by atoms with Crippen LogP contribution in [0.4, 0.5) is 0 Å². The lowest BCUT2D eigenvalue weighted by molar-refractivity contribution is -0.128. The van der Waals surface area contributed by atoms with E-state index in [-0.39, 0.29) is 17.7 Å². The summed E-state index contributed by atoms with van der Waals surface area (Å²) in [5, 5.41) is 9.15. The molecule has 24 heavy (non-hydrogen) atoms. The number of carbonyl (C=O) groups excluding carboxylic acids is 2. The van der Waals surface area contributed by atoms with Gasteiger partial charge in [0, 0.05) is 6.92 Å². The van der Waals surface area contributed by atoms with E-state index in [1.54, 1.807) is 27.0 Å². The molecule has 1 heterocycles. The average Bonchev–Trinajstić information content (AvgIpc) is 3.04. The van der Waals surface area contributed by atoms with Crippen LogP contribution in [0.3, 0.4) is 0 Å². The van der Waals surface area contributed by atoms with E-state index in [1.165, 1.54) is 6.92 Å². The highest BCUT2D eigenvalue weighted by atomic mass is 16.5. The molecule has 0 aliphatic carbocycles. The molecule has 0 bridgehead atoms. The van der Waals surface area contributed by atoms with Crippen molar-refractivity contribution in [3.8, 4) is 17.1 Å². The second-order valence-corrected chi connectivity index (χ2v) is 5.31. The van der Waals surface area contributed by atoms with Gasteiger partial charge >= 0.3 is 0 Å².